The summed E-state index contributed by atoms with van der Waals surface area (Å²) < 4.78 is 11.6. The number of benzene rings is 12. The summed E-state index contributed by atoms with van der Waals surface area (Å²) in [4.78, 5) is 2.35. The molecule has 0 N–H and O–H groups in total. The number of aromatic nitrogens is 1. The fourth-order valence-corrected chi connectivity index (χ4v) is 13.9. The van der Waals surface area contributed by atoms with Crippen LogP contribution in [0.15, 0.2) is 302 Å². The Morgan fingerprint density at radius 3 is 1.70 bits per heavy atom. The van der Waals surface area contributed by atoms with Gasteiger partial charge in [-0.05, 0) is 164 Å². The lowest BCUT2D eigenvalue weighted by molar-refractivity contribution is 0.670. The van der Waals surface area contributed by atoms with Crippen LogP contribution >= 0.6 is 11.3 Å². The number of anilines is 3. The van der Waals surface area contributed by atoms with Crippen LogP contribution in [0.3, 0.4) is 0 Å². The Morgan fingerprint density at radius 1 is 0.386 bits per heavy atom. The number of para-hydroxylation sites is 3. The van der Waals surface area contributed by atoms with Gasteiger partial charge >= 0.3 is 0 Å². The van der Waals surface area contributed by atoms with Crippen LogP contribution in [-0.2, 0) is 6.42 Å². The van der Waals surface area contributed by atoms with Crippen LogP contribution in [-0.4, -0.2) is 4.57 Å². The minimum absolute atomic E-state index is 0.799. The molecule has 0 unspecified atom stereocenters. The van der Waals surface area contributed by atoms with E-state index >= 15 is 0 Å². The van der Waals surface area contributed by atoms with Gasteiger partial charge in [-0.1, -0.05) is 207 Å². The van der Waals surface area contributed by atoms with Crippen LogP contribution in [0.4, 0.5) is 17.1 Å². The van der Waals surface area contributed by atoms with Gasteiger partial charge in [0.25, 0.3) is 0 Å². The molecule has 12 aromatic carbocycles. The quantitative estimate of drug-likeness (QED) is 0.151. The van der Waals surface area contributed by atoms with E-state index in [9.17, 15) is 0 Å². The standard InChI is InChI=1S/C79H52N2OS/c1-51-16-4-2-5-17-58-48-62(44-45-64(58)67-21-9-8-20-63(51)67)81-73-46-38-56(52-30-32-55(33-31-52)66-25-14-26-69-68-22-10-12-27-75(68)82-79(66)69)49-71(73)72-50-57(39-47-74(72)81)53-34-40-60(41-35-53)80(59-18-6-3-7-19-59)61-42-36-54(37-43-61)65-24-15-29-77-78(65)70-23-11-13-28-76(70)83-77/h2-16,18-50H,1,17H2/b5-2-,16-4-. The third-order valence-corrected chi connectivity index (χ3v) is 17.9. The van der Waals surface area contributed by atoms with Gasteiger partial charge in [-0.3, -0.25) is 0 Å². The average Bonchev–Trinajstić information content (AvgIpc) is 2.75. The molecule has 15 aromatic rings. The van der Waals surface area contributed by atoms with Crippen LogP contribution < -0.4 is 4.90 Å². The number of rotatable bonds is 8. The monoisotopic (exact) mass is 1080 g/mol. The van der Waals surface area contributed by atoms with Gasteiger partial charge < -0.3 is 13.9 Å². The molecule has 0 spiro atoms. The predicted octanol–water partition coefficient (Wildman–Crippen LogP) is 22.5. The Balaban J connectivity index is 0.794. The van der Waals surface area contributed by atoms with E-state index in [1.807, 2.05) is 23.5 Å². The van der Waals surface area contributed by atoms with Crippen molar-refractivity contribution in [2.75, 3.05) is 4.90 Å². The zero-order valence-corrected chi connectivity index (χ0v) is 46.2. The number of nitrogens with zero attached hydrogens (tertiary/aromatic N) is 2. The SMILES string of the molecule is C=C1/C=C\C=C/Cc2cc(-n3c4ccc(-c5ccc(-c6cccc7c6oc6ccccc67)cc5)cc4c4cc(-c5ccc(N(c6ccccc6)c6ccc(-c7cccc8sc9ccccc9c78)cc6)cc5)ccc43)ccc2-c2ccccc21. The van der Waals surface area contributed by atoms with E-state index in [2.05, 4.69) is 295 Å². The molecule has 4 heteroatoms. The minimum Gasteiger partial charge on any atom is -0.455 e. The van der Waals surface area contributed by atoms with E-state index in [4.69, 9.17) is 4.42 Å². The lowest BCUT2D eigenvalue weighted by atomic mass is 9.90. The molecule has 0 saturated heterocycles. The smallest absolute Gasteiger partial charge is 0.143 e. The number of fused-ring (bicyclic) bond motifs is 12. The largest absolute Gasteiger partial charge is 0.455 e. The Kier molecular flexibility index (Phi) is 11.6. The number of hydrogen-bond donors (Lipinski definition) is 0. The summed E-state index contributed by atoms with van der Waals surface area (Å²) in [6, 6.07) is 97.6. The lowest BCUT2D eigenvalue weighted by Gasteiger charge is -2.26. The molecule has 1 aliphatic rings. The van der Waals surface area contributed by atoms with E-state index < -0.39 is 0 Å². The molecule has 3 heterocycles. The molecule has 0 saturated carbocycles. The van der Waals surface area contributed by atoms with Crippen molar-refractivity contribution in [3.05, 3.63) is 309 Å². The third kappa shape index (κ3) is 8.33. The average molecular weight is 1080 g/mol. The van der Waals surface area contributed by atoms with Gasteiger partial charge in [-0.2, -0.15) is 0 Å². The highest BCUT2D eigenvalue weighted by Crippen LogP contribution is 2.44. The molecule has 1 aliphatic carbocycles. The third-order valence-electron chi connectivity index (χ3n) is 16.8. The van der Waals surface area contributed by atoms with Crippen LogP contribution in [0.25, 0.3) is 131 Å². The molecule has 390 valence electrons. The minimum atomic E-state index is 0.799. The van der Waals surface area contributed by atoms with Gasteiger partial charge in [-0.25, -0.2) is 0 Å². The zero-order valence-electron chi connectivity index (χ0n) is 45.3. The molecule has 0 bridgehead atoms. The predicted molar refractivity (Wildman–Crippen MR) is 354 cm³/mol. The van der Waals surface area contributed by atoms with Crippen LogP contribution in [0.5, 0.6) is 0 Å². The molecular weight excluding hydrogens is 1020 g/mol. The van der Waals surface area contributed by atoms with Crippen molar-refractivity contribution in [3.8, 4) is 61.3 Å². The normalized spacial score (nSPS) is 13.2. The topological polar surface area (TPSA) is 21.3 Å². The maximum atomic E-state index is 6.47. The second kappa shape index (κ2) is 19.9. The number of hydrogen-bond acceptors (Lipinski definition) is 3. The van der Waals surface area contributed by atoms with Crippen LogP contribution in [0, 0.1) is 0 Å². The highest BCUT2D eigenvalue weighted by Gasteiger charge is 2.20. The van der Waals surface area contributed by atoms with E-state index in [0.717, 1.165) is 107 Å². The molecule has 0 amide bonds. The summed E-state index contributed by atoms with van der Waals surface area (Å²) in [7, 11) is 0. The molecule has 0 atom stereocenters. The fraction of sp³-hybridized carbons (Fsp3) is 0.0127. The van der Waals surface area contributed by atoms with Crippen molar-refractivity contribution in [1.82, 2.24) is 4.57 Å². The van der Waals surface area contributed by atoms with Crippen molar-refractivity contribution < 1.29 is 4.42 Å². The first-order chi connectivity index (χ1) is 41.1. The molecule has 3 nitrogen and oxygen atoms in total. The Hall–Kier alpha value is -10.5. The molecule has 0 radical (unpaired) electrons. The first-order valence-corrected chi connectivity index (χ1v) is 29.2. The van der Waals surface area contributed by atoms with Gasteiger partial charge in [0.1, 0.15) is 11.2 Å². The molecule has 83 heavy (non-hydrogen) atoms. The van der Waals surface area contributed by atoms with Gasteiger partial charge in [0.15, 0.2) is 0 Å². The maximum absolute atomic E-state index is 6.47. The van der Waals surface area contributed by atoms with Crippen LogP contribution in [0.2, 0.25) is 0 Å². The first-order valence-electron chi connectivity index (χ1n) is 28.4. The van der Waals surface area contributed by atoms with Crippen molar-refractivity contribution in [1.29, 1.82) is 0 Å². The van der Waals surface area contributed by atoms with Gasteiger partial charge in [0.2, 0.25) is 0 Å². The highest BCUT2D eigenvalue weighted by molar-refractivity contribution is 7.25. The van der Waals surface area contributed by atoms with Crippen molar-refractivity contribution in [2.45, 2.75) is 6.42 Å². The second-order valence-electron chi connectivity index (χ2n) is 21.6. The summed E-state index contributed by atoms with van der Waals surface area (Å²) in [5.41, 5.74) is 23.7. The number of thiophene rings is 1. The molecule has 0 aliphatic heterocycles. The lowest BCUT2D eigenvalue weighted by Crippen LogP contribution is -2.09. The second-order valence-corrected chi connectivity index (χ2v) is 22.7. The van der Waals surface area contributed by atoms with Gasteiger partial charge in [0, 0.05) is 70.0 Å². The Bertz CT molecular complexity index is 5110. The van der Waals surface area contributed by atoms with Crippen LogP contribution in [0.1, 0.15) is 11.1 Å². The summed E-state index contributed by atoms with van der Waals surface area (Å²) in [6.45, 7) is 4.45. The first kappa shape index (κ1) is 48.4. The maximum Gasteiger partial charge on any atom is 0.143 e. The molecular formula is C79H52N2OS. The molecule has 0 fully saturated rings. The summed E-state index contributed by atoms with van der Waals surface area (Å²) in [6.07, 6.45) is 9.40. The summed E-state index contributed by atoms with van der Waals surface area (Å²) >= 11 is 1.86. The van der Waals surface area contributed by atoms with E-state index in [1.54, 1.807) is 0 Å². The van der Waals surface area contributed by atoms with E-state index in [-0.39, 0.29) is 0 Å². The van der Waals surface area contributed by atoms with Gasteiger partial charge in [-0.15, -0.1) is 11.3 Å². The fourth-order valence-electron chi connectivity index (χ4n) is 12.8. The van der Waals surface area contributed by atoms with Crippen molar-refractivity contribution >= 4 is 97.9 Å². The zero-order chi connectivity index (χ0) is 55.0. The number of furan rings is 1. The van der Waals surface area contributed by atoms with Crippen molar-refractivity contribution in [3.63, 3.8) is 0 Å². The van der Waals surface area contributed by atoms with E-state index in [1.165, 1.54) is 58.8 Å². The summed E-state index contributed by atoms with van der Waals surface area (Å²) in [5, 5.41) is 7.29. The Labute approximate surface area is 485 Å². The molecule has 3 aromatic heterocycles. The summed E-state index contributed by atoms with van der Waals surface area (Å²) in [5.74, 6) is 0. The van der Waals surface area contributed by atoms with Gasteiger partial charge in [0.05, 0.1) is 11.0 Å². The van der Waals surface area contributed by atoms with Crippen molar-refractivity contribution in [2.24, 2.45) is 0 Å². The number of allylic oxidation sites excluding steroid dienone is 5. The van der Waals surface area contributed by atoms with E-state index in [0.29, 0.717) is 0 Å². The molecule has 16 rings (SSSR count). The Morgan fingerprint density at radius 2 is 0.940 bits per heavy atom. The highest BCUT2D eigenvalue weighted by atomic mass is 32.1.